The van der Waals surface area contributed by atoms with E-state index in [0.29, 0.717) is 11.1 Å². The molecule has 24 heavy (non-hydrogen) atoms. The summed E-state index contributed by atoms with van der Waals surface area (Å²) < 4.78 is 65.6. The van der Waals surface area contributed by atoms with Crippen LogP contribution < -0.4 is 10.6 Å². The van der Waals surface area contributed by atoms with Gasteiger partial charge in [-0.2, -0.15) is 13.2 Å². The molecule has 0 atom stereocenters. The number of aliphatic hydroxyl groups excluding tert-OH is 1. The largest absolute Gasteiger partial charge is 0.417 e. The van der Waals surface area contributed by atoms with Crippen molar-refractivity contribution in [1.82, 2.24) is 0 Å². The number of halogens is 6. The summed E-state index contributed by atoms with van der Waals surface area (Å²) in [5.74, 6) is 0. The first-order valence-electron chi connectivity index (χ1n) is 6.82. The third-order valence-electron chi connectivity index (χ3n) is 3.91. The average molecular weight is 387 g/mol. The highest BCUT2D eigenvalue weighted by Gasteiger charge is 2.42. The van der Waals surface area contributed by atoms with E-state index in [1.54, 1.807) is 4.90 Å². The lowest BCUT2D eigenvalue weighted by molar-refractivity contribution is -0.136. The Labute approximate surface area is 142 Å². The molecule has 132 valence electrons. The molecule has 1 aliphatic rings. The molecule has 3 rings (SSSR count). The Bertz CT molecular complexity index is 786. The number of benzene rings is 1. The van der Waals surface area contributed by atoms with Gasteiger partial charge in [0.05, 0.1) is 22.7 Å². The van der Waals surface area contributed by atoms with Crippen LogP contribution in [-0.4, -0.2) is 30.3 Å². The molecule has 0 spiro atoms. The van der Waals surface area contributed by atoms with Crippen LogP contribution in [0.25, 0.3) is 10.1 Å². The highest BCUT2D eigenvalue weighted by Crippen LogP contribution is 2.49. The summed E-state index contributed by atoms with van der Waals surface area (Å²) in [5.41, 5.74) is 3.12. The van der Waals surface area contributed by atoms with Crippen molar-refractivity contribution in [3.63, 3.8) is 0 Å². The molecule has 1 aromatic carbocycles. The summed E-state index contributed by atoms with van der Waals surface area (Å²) in [5, 5.41) is 9.06. The molecule has 0 radical (unpaired) electrons. The molecule has 2 heterocycles. The monoisotopic (exact) mass is 386 g/mol. The van der Waals surface area contributed by atoms with Gasteiger partial charge in [0.1, 0.15) is 5.00 Å². The van der Waals surface area contributed by atoms with Crippen LogP contribution >= 0.6 is 22.9 Å². The Balaban J connectivity index is 2.14. The lowest BCUT2D eigenvalue weighted by Crippen LogP contribution is -2.69. The number of hydrogen-bond acceptors (Lipinski definition) is 4. The number of fused-ring (bicyclic) bond motifs is 1. The van der Waals surface area contributed by atoms with Crippen LogP contribution in [0.2, 0.25) is 5.02 Å². The molecule has 2 aromatic rings. The fourth-order valence-electron chi connectivity index (χ4n) is 2.71. The highest BCUT2D eigenvalue weighted by atomic mass is 35.5. The van der Waals surface area contributed by atoms with Gasteiger partial charge in [-0.3, -0.25) is 0 Å². The molecule has 0 saturated carbocycles. The summed E-state index contributed by atoms with van der Waals surface area (Å²) in [4.78, 5) is 1.63. The van der Waals surface area contributed by atoms with Crippen LogP contribution in [-0.2, 0) is 6.18 Å². The molecule has 3 nitrogen and oxygen atoms in total. The Hall–Kier alpha value is -1.16. The maximum Gasteiger partial charge on any atom is 0.417 e. The van der Waals surface area contributed by atoms with E-state index in [2.05, 4.69) is 0 Å². The molecule has 10 heteroatoms. The molecule has 1 aromatic heterocycles. The number of rotatable bonds is 3. The number of hydrogen-bond donors (Lipinski definition) is 2. The molecular formula is C14H12ClF5N2OS. The van der Waals surface area contributed by atoms with Crippen LogP contribution in [0, 0.1) is 0 Å². The number of nitrogens with two attached hydrogens (primary N) is 1. The van der Waals surface area contributed by atoms with E-state index in [0.717, 1.165) is 17.4 Å². The van der Waals surface area contributed by atoms with Crippen LogP contribution in [0.1, 0.15) is 17.6 Å². The fraction of sp³-hybridized carbons (Fsp3) is 0.429. The summed E-state index contributed by atoms with van der Waals surface area (Å²) in [6.07, 6.45) is -7.82. The second-order valence-electron chi connectivity index (χ2n) is 5.84. The zero-order valence-electron chi connectivity index (χ0n) is 12.0. The molecule has 3 N–H and O–H groups in total. The second-order valence-corrected chi connectivity index (χ2v) is 7.25. The SMILES string of the molecule is NC1(CO)CN(c2sc3cc(C(F)F)cc(C(F)(F)F)c3c2Cl)C1. The minimum absolute atomic E-state index is 0.0404. The van der Waals surface area contributed by atoms with Crippen molar-refractivity contribution < 1.29 is 27.1 Å². The Morgan fingerprint density at radius 1 is 1.33 bits per heavy atom. The van der Waals surface area contributed by atoms with Crippen molar-refractivity contribution in [1.29, 1.82) is 0 Å². The molecule has 0 unspecified atom stereocenters. The van der Waals surface area contributed by atoms with Crippen molar-refractivity contribution >= 4 is 38.0 Å². The summed E-state index contributed by atoms with van der Waals surface area (Å²) in [7, 11) is 0. The lowest BCUT2D eigenvalue weighted by atomic mass is 9.92. The predicted octanol–water partition coefficient (Wildman–Crippen LogP) is 4.02. The lowest BCUT2D eigenvalue weighted by Gasteiger charge is -2.47. The third kappa shape index (κ3) is 2.83. The Kier molecular flexibility index (Phi) is 4.18. The van der Waals surface area contributed by atoms with Crippen molar-refractivity contribution in [2.24, 2.45) is 5.73 Å². The third-order valence-corrected chi connectivity index (χ3v) is 5.59. The maximum absolute atomic E-state index is 13.3. The molecule has 0 bridgehead atoms. The van der Waals surface area contributed by atoms with E-state index in [4.69, 9.17) is 22.4 Å². The predicted molar refractivity (Wildman–Crippen MR) is 83.0 cm³/mol. The van der Waals surface area contributed by atoms with E-state index in [1.165, 1.54) is 0 Å². The quantitative estimate of drug-likeness (QED) is 0.783. The van der Waals surface area contributed by atoms with Gasteiger partial charge in [-0.05, 0) is 12.1 Å². The Morgan fingerprint density at radius 2 is 1.96 bits per heavy atom. The van der Waals surface area contributed by atoms with Crippen molar-refractivity contribution in [3.8, 4) is 0 Å². The number of nitrogens with zero attached hydrogens (tertiary/aromatic N) is 1. The van der Waals surface area contributed by atoms with Crippen LogP contribution in [0.4, 0.5) is 27.0 Å². The van der Waals surface area contributed by atoms with E-state index < -0.39 is 29.3 Å². The molecule has 1 aliphatic heterocycles. The molecular weight excluding hydrogens is 375 g/mol. The highest BCUT2D eigenvalue weighted by molar-refractivity contribution is 7.23. The van der Waals surface area contributed by atoms with Crippen LogP contribution in [0.5, 0.6) is 0 Å². The van der Waals surface area contributed by atoms with Gasteiger partial charge in [-0.1, -0.05) is 11.6 Å². The van der Waals surface area contributed by atoms with Gasteiger partial charge >= 0.3 is 6.18 Å². The number of anilines is 1. The topological polar surface area (TPSA) is 49.5 Å². The van der Waals surface area contributed by atoms with E-state index in [1.807, 2.05) is 0 Å². The van der Waals surface area contributed by atoms with Gasteiger partial charge in [-0.15, -0.1) is 11.3 Å². The van der Waals surface area contributed by atoms with E-state index in [-0.39, 0.29) is 34.8 Å². The van der Waals surface area contributed by atoms with Gasteiger partial charge < -0.3 is 15.7 Å². The first-order chi connectivity index (χ1) is 11.1. The average Bonchev–Trinajstić information content (AvgIpc) is 2.79. The smallest absolute Gasteiger partial charge is 0.394 e. The minimum Gasteiger partial charge on any atom is -0.394 e. The van der Waals surface area contributed by atoms with E-state index >= 15 is 0 Å². The second kappa shape index (κ2) is 5.69. The fourth-order valence-corrected chi connectivity index (χ4v) is 4.37. The first-order valence-corrected chi connectivity index (χ1v) is 8.01. The van der Waals surface area contributed by atoms with Gasteiger partial charge in [-0.25, -0.2) is 8.78 Å². The number of thiophene rings is 1. The van der Waals surface area contributed by atoms with Gasteiger partial charge in [0.15, 0.2) is 0 Å². The summed E-state index contributed by atoms with van der Waals surface area (Å²) >= 11 is 7.03. The standard InChI is InChI=1S/C14H12ClF5N2OS/c15-10-9-7(14(18,19)20)1-6(11(16)17)2-8(9)24-12(10)22-3-13(21,4-22)5-23/h1-2,11,23H,3-5,21H2. The van der Waals surface area contributed by atoms with Gasteiger partial charge in [0.25, 0.3) is 6.43 Å². The Morgan fingerprint density at radius 3 is 2.46 bits per heavy atom. The summed E-state index contributed by atoms with van der Waals surface area (Å²) in [6.45, 7) is 0.174. The van der Waals surface area contributed by atoms with Crippen molar-refractivity contribution in [3.05, 3.63) is 28.3 Å². The van der Waals surface area contributed by atoms with Crippen molar-refractivity contribution in [2.75, 3.05) is 24.6 Å². The molecule has 0 amide bonds. The molecule has 1 saturated heterocycles. The molecule has 1 fully saturated rings. The zero-order valence-corrected chi connectivity index (χ0v) is 13.6. The van der Waals surface area contributed by atoms with Gasteiger partial charge in [0, 0.05) is 28.7 Å². The number of alkyl halides is 5. The number of aliphatic hydroxyl groups is 1. The minimum atomic E-state index is -4.80. The molecule has 0 aliphatic carbocycles. The van der Waals surface area contributed by atoms with Crippen LogP contribution in [0.3, 0.4) is 0 Å². The van der Waals surface area contributed by atoms with E-state index in [9.17, 15) is 22.0 Å². The summed E-state index contributed by atoms with van der Waals surface area (Å²) in [6, 6.07) is 1.46. The van der Waals surface area contributed by atoms with Crippen molar-refractivity contribution in [2.45, 2.75) is 18.1 Å². The van der Waals surface area contributed by atoms with Gasteiger partial charge in [0.2, 0.25) is 0 Å². The zero-order chi connectivity index (χ0) is 17.9. The first kappa shape index (κ1) is 17.7. The maximum atomic E-state index is 13.3. The van der Waals surface area contributed by atoms with Crippen LogP contribution in [0.15, 0.2) is 12.1 Å². The normalized spacial score (nSPS) is 17.6.